The number of esters is 2. The van der Waals surface area contributed by atoms with Gasteiger partial charge in [0.15, 0.2) is 0 Å². The van der Waals surface area contributed by atoms with E-state index in [0.717, 1.165) is 38.5 Å². The Balaban J connectivity index is 1.63. The van der Waals surface area contributed by atoms with E-state index in [1.54, 1.807) is 24.3 Å². The summed E-state index contributed by atoms with van der Waals surface area (Å²) >= 11 is 0. The molecule has 0 aromatic heterocycles. The van der Waals surface area contributed by atoms with E-state index in [1.807, 2.05) is 24.3 Å². The van der Waals surface area contributed by atoms with Crippen LogP contribution in [0.25, 0.3) is 0 Å². The molecule has 2 N–H and O–H groups in total. The number of carbonyl (C=O) groups excluding carboxylic acids is 2. The fourth-order valence-corrected chi connectivity index (χ4v) is 5.11. The molecule has 216 valence electrons. The van der Waals surface area contributed by atoms with Crippen molar-refractivity contribution >= 4 is 11.9 Å². The Labute approximate surface area is 234 Å². The van der Waals surface area contributed by atoms with Gasteiger partial charge in [-0.2, -0.15) is 0 Å². The molecule has 0 fully saturated rings. The van der Waals surface area contributed by atoms with E-state index < -0.39 is 11.9 Å². The minimum atomic E-state index is -0.550. The predicted octanol–water partition coefficient (Wildman–Crippen LogP) is 7.87. The van der Waals surface area contributed by atoms with E-state index >= 15 is 0 Å². The number of phenols is 2. The highest BCUT2D eigenvalue weighted by Gasteiger charge is 2.27. The first-order valence-electron chi connectivity index (χ1n) is 14.2. The third-order valence-corrected chi connectivity index (χ3v) is 7.27. The third kappa shape index (κ3) is 11.7. The van der Waals surface area contributed by atoms with Gasteiger partial charge in [0.1, 0.15) is 17.9 Å². The first-order valence-corrected chi connectivity index (χ1v) is 14.2. The number of hydrogen-bond donors (Lipinski definition) is 2. The molecule has 0 bridgehead atoms. The molecule has 0 saturated carbocycles. The van der Waals surface area contributed by atoms with Crippen LogP contribution in [0.5, 0.6) is 11.5 Å². The van der Waals surface area contributed by atoms with Crippen molar-refractivity contribution in [1.29, 1.82) is 0 Å². The molecule has 0 heterocycles. The largest absolute Gasteiger partial charge is 0.508 e. The molecule has 0 saturated heterocycles. The average molecular weight is 541 g/mol. The standard InChI is InChI=1S/C33H48O6/c1-32(2,3)28(24-13-17-26(34)18-14-24)11-7-9-21-38-30(36)23-31(37)39-22-10-8-12-29(33(4,5)6)25-15-19-27(35)20-16-25/h13-20,28-29,34-35H,7-12,21-23H2,1-6H3. The van der Waals surface area contributed by atoms with Crippen LogP contribution in [0.4, 0.5) is 0 Å². The summed E-state index contributed by atoms with van der Waals surface area (Å²) in [4.78, 5) is 24.1. The summed E-state index contributed by atoms with van der Waals surface area (Å²) in [6.45, 7) is 13.8. The first-order chi connectivity index (χ1) is 18.3. The topological polar surface area (TPSA) is 93.1 Å². The first kappa shape index (κ1) is 32.2. The second-order valence-electron chi connectivity index (χ2n) is 12.6. The van der Waals surface area contributed by atoms with Crippen molar-refractivity contribution in [3.8, 4) is 11.5 Å². The van der Waals surface area contributed by atoms with Crippen LogP contribution in [-0.2, 0) is 19.1 Å². The fourth-order valence-electron chi connectivity index (χ4n) is 5.11. The van der Waals surface area contributed by atoms with E-state index in [2.05, 4.69) is 41.5 Å². The Hall–Kier alpha value is -3.02. The molecule has 6 nitrogen and oxygen atoms in total. The van der Waals surface area contributed by atoms with Crippen LogP contribution in [0, 0.1) is 10.8 Å². The molecule has 0 aliphatic rings. The van der Waals surface area contributed by atoms with Crippen molar-refractivity contribution in [2.75, 3.05) is 13.2 Å². The molecule has 0 aliphatic heterocycles. The maximum Gasteiger partial charge on any atom is 0.317 e. The number of phenolic OH excluding ortho intramolecular Hbond substituents is 2. The van der Waals surface area contributed by atoms with E-state index in [-0.39, 0.29) is 42.0 Å². The van der Waals surface area contributed by atoms with Crippen molar-refractivity contribution in [3.63, 3.8) is 0 Å². The number of ether oxygens (including phenoxy) is 2. The van der Waals surface area contributed by atoms with Gasteiger partial charge in [0, 0.05) is 0 Å². The number of rotatable bonds is 14. The molecule has 2 aromatic rings. The quantitative estimate of drug-likeness (QED) is 0.144. The lowest BCUT2D eigenvalue weighted by molar-refractivity contribution is -0.154. The zero-order valence-electron chi connectivity index (χ0n) is 24.7. The Bertz CT molecular complexity index is 929. The zero-order chi connectivity index (χ0) is 29.1. The second kappa shape index (κ2) is 14.9. The van der Waals surface area contributed by atoms with Crippen molar-refractivity contribution in [3.05, 3.63) is 59.7 Å². The molecular formula is C33H48O6. The molecule has 2 atom stereocenters. The summed E-state index contributed by atoms with van der Waals surface area (Å²) in [5, 5.41) is 19.2. The van der Waals surface area contributed by atoms with Gasteiger partial charge in [-0.25, -0.2) is 0 Å². The number of benzene rings is 2. The third-order valence-electron chi connectivity index (χ3n) is 7.27. The van der Waals surface area contributed by atoms with Gasteiger partial charge in [0.05, 0.1) is 13.2 Å². The maximum atomic E-state index is 12.1. The van der Waals surface area contributed by atoms with Gasteiger partial charge in [-0.1, -0.05) is 65.8 Å². The molecule has 2 aromatic carbocycles. The van der Waals surface area contributed by atoms with Crippen LogP contribution in [0.3, 0.4) is 0 Å². The smallest absolute Gasteiger partial charge is 0.317 e. The minimum Gasteiger partial charge on any atom is -0.508 e. The molecule has 39 heavy (non-hydrogen) atoms. The summed E-state index contributed by atoms with van der Waals surface area (Å²) < 4.78 is 10.5. The van der Waals surface area contributed by atoms with Gasteiger partial charge >= 0.3 is 11.9 Å². The molecule has 6 heteroatoms. The van der Waals surface area contributed by atoms with Crippen LogP contribution < -0.4 is 0 Å². The summed E-state index contributed by atoms with van der Waals surface area (Å²) in [7, 11) is 0. The summed E-state index contributed by atoms with van der Waals surface area (Å²) in [5.74, 6) is 0.0671. The van der Waals surface area contributed by atoms with E-state index in [4.69, 9.17) is 9.47 Å². The lowest BCUT2D eigenvalue weighted by atomic mass is 9.74. The SMILES string of the molecule is CC(C)(C)C(CCCCOC(=O)CC(=O)OCCCCC(c1ccc(O)cc1)C(C)(C)C)c1ccc(O)cc1. The van der Waals surface area contributed by atoms with Crippen LogP contribution in [-0.4, -0.2) is 35.4 Å². The zero-order valence-corrected chi connectivity index (χ0v) is 24.7. The second-order valence-corrected chi connectivity index (χ2v) is 12.6. The van der Waals surface area contributed by atoms with Crippen LogP contribution in [0.15, 0.2) is 48.5 Å². The molecule has 0 amide bonds. The van der Waals surface area contributed by atoms with E-state index in [1.165, 1.54) is 11.1 Å². The maximum absolute atomic E-state index is 12.1. The van der Waals surface area contributed by atoms with Gasteiger partial charge in [-0.05, 0) is 96.6 Å². The number of hydrogen-bond acceptors (Lipinski definition) is 6. The highest BCUT2D eigenvalue weighted by molar-refractivity contribution is 5.91. The summed E-state index contributed by atoms with van der Waals surface area (Å²) in [6.07, 6.45) is 4.74. The number of carbonyl (C=O) groups is 2. The number of unbranched alkanes of at least 4 members (excludes halogenated alkanes) is 2. The summed E-state index contributed by atoms with van der Waals surface area (Å²) in [5.41, 5.74) is 2.51. The molecule has 0 radical (unpaired) electrons. The monoisotopic (exact) mass is 540 g/mol. The van der Waals surface area contributed by atoms with Crippen LogP contribution >= 0.6 is 0 Å². The molecule has 0 aliphatic carbocycles. The van der Waals surface area contributed by atoms with Gasteiger partial charge < -0.3 is 19.7 Å². The van der Waals surface area contributed by atoms with Crippen molar-refractivity contribution in [2.45, 2.75) is 98.3 Å². The van der Waals surface area contributed by atoms with Crippen molar-refractivity contribution in [1.82, 2.24) is 0 Å². The fraction of sp³-hybridized carbons (Fsp3) is 0.576. The lowest BCUT2D eigenvalue weighted by Gasteiger charge is -2.31. The Morgan fingerprint density at radius 2 is 0.949 bits per heavy atom. The van der Waals surface area contributed by atoms with Crippen molar-refractivity contribution in [2.24, 2.45) is 10.8 Å². The normalized spacial score (nSPS) is 13.5. The molecule has 2 rings (SSSR count). The van der Waals surface area contributed by atoms with E-state index in [0.29, 0.717) is 11.8 Å². The van der Waals surface area contributed by atoms with Crippen LogP contribution in [0.2, 0.25) is 0 Å². The highest BCUT2D eigenvalue weighted by atomic mass is 16.6. The molecule has 0 spiro atoms. The molecular weight excluding hydrogens is 492 g/mol. The minimum absolute atomic E-state index is 0.0661. The lowest BCUT2D eigenvalue weighted by Crippen LogP contribution is -2.19. The Morgan fingerprint density at radius 3 is 1.26 bits per heavy atom. The van der Waals surface area contributed by atoms with Crippen LogP contribution in [0.1, 0.15) is 109 Å². The van der Waals surface area contributed by atoms with Gasteiger partial charge in [0.2, 0.25) is 0 Å². The average Bonchev–Trinajstić information content (AvgIpc) is 2.83. The Morgan fingerprint density at radius 1 is 0.615 bits per heavy atom. The van der Waals surface area contributed by atoms with E-state index in [9.17, 15) is 19.8 Å². The Kier molecular flexibility index (Phi) is 12.3. The predicted molar refractivity (Wildman–Crippen MR) is 155 cm³/mol. The van der Waals surface area contributed by atoms with Gasteiger partial charge in [-0.15, -0.1) is 0 Å². The van der Waals surface area contributed by atoms with Gasteiger partial charge in [0.25, 0.3) is 0 Å². The summed E-state index contributed by atoms with van der Waals surface area (Å²) in [6, 6.07) is 14.7. The molecule has 2 unspecified atom stereocenters. The van der Waals surface area contributed by atoms with Gasteiger partial charge in [-0.3, -0.25) is 9.59 Å². The number of aromatic hydroxyl groups is 2. The van der Waals surface area contributed by atoms with Crippen molar-refractivity contribution < 1.29 is 29.3 Å². The highest BCUT2D eigenvalue weighted by Crippen LogP contribution is 2.40.